The molecule has 2 N–H and O–H groups in total. The van der Waals surface area contributed by atoms with Gasteiger partial charge in [0.2, 0.25) is 0 Å². The maximum Gasteiger partial charge on any atom is 0.191 e. The lowest BCUT2D eigenvalue weighted by Crippen LogP contribution is -2.42. The average Bonchev–Trinajstić information content (AvgIpc) is 3.34. The van der Waals surface area contributed by atoms with Crippen LogP contribution in [0.3, 0.4) is 0 Å². The van der Waals surface area contributed by atoms with Gasteiger partial charge in [-0.15, -0.1) is 0 Å². The van der Waals surface area contributed by atoms with E-state index < -0.39 is 0 Å². The van der Waals surface area contributed by atoms with Gasteiger partial charge in [0.25, 0.3) is 0 Å². The van der Waals surface area contributed by atoms with Gasteiger partial charge in [0.05, 0.1) is 5.69 Å². The van der Waals surface area contributed by atoms with Gasteiger partial charge >= 0.3 is 0 Å². The molecule has 5 heteroatoms. The summed E-state index contributed by atoms with van der Waals surface area (Å²) in [6.45, 7) is 5.66. The first-order valence-electron chi connectivity index (χ1n) is 8.56. The van der Waals surface area contributed by atoms with Gasteiger partial charge in [0, 0.05) is 31.1 Å². The summed E-state index contributed by atoms with van der Waals surface area (Å²) in [5.74, 6) is 1.75. The Morgan fingerprint density at radius 2 is 1.96 bits per heavy atom. The molecule has 0 bridgehead atoms. The van der Waals surface area contributed by atoms with Gasteiger partial charge in [0.1, 0.15) is 5.76 Å². The molecule has 0 unspecified atom stereocenters. The maximum atomic E-state index is 5.20. The highest BCUT2D eigenvalue weighted by Gasteiger charge is 2.43. The molecule has 0 spiro atoms. The summed E-state index contributed by atoms with van der Waals surface area (Å²) in [6, 6.07) is 10.8. The van der Waals surface area contributed by atoms with E-state index in [9.17, 15) is 0 Å². The SMILES string of the molecule is CN=C(NCCc1c(C)noc1C)NCC1(c2ccccc2)CC1. The number of nitrogens with zero attached hydrogens (tertiary/aromatic N) is 2. The van der Waals surface area contributed by atoms with E-state index in [-0.39, 0.29) is 5.41 Å². The summed E-state index contributed by atoms with van der Waals surface area (Å²) < 4.78 is 5.20. The molecule has 1 heterocycles. The Hall–Kier alpha value is -2.30. The van der Waals surface area contributed by atoms with Crippen LogP contribution < -0.4 is 10.6 Å². The Kier molecular flexibility index (Phi) is 4.88. The summed E-state index contributed by atoms with van der Waals surface area (Å²) in [7, 11) is 1.81. The van der Waals surface area contributed by atoms with Gasteiger partial charge in [-0.25, -0.2) is 0 Å². The second-order valence-electron chi connectivity index (χ2n) is 6.55. The third kappa shape index (κ3) is 3.61. The van der Waals surface area contributed by atoms with Crippen LogP contribution in [-0.2, 0) is 11.8 Å². The zero-order chi connectivity index (χ0) is 17.0. The summed E-state index contributed by atoms with van der Waals surface area (Å²) in [6.07, 6.45) is 3.35. The van der Waals surface area contributed by atoms with Gasteiger partial charge in [-0.3, -0.25) is 4.99 Å². The quantitative estimate of drug-likeness (QED) is 0.633. The van der Waals surface area contributed by atoms with Gasteiger partial charge in [-0.2, -0.15) is 0 Å². The number of aromatic nitrogens is 1. The highest BCUT2D eigenvalue weighted by molar-refractivity contribution is 5.79. The molecule has 128 valence electrons. The highest BCUT2D eigenvalue weighted by Crippen LogP contribution is 2.47. The Balaban J connectivity index is 1.49. The van der Waals surface area contributed by atoms with Crippen molar-refractivity contribution in [2.75, 3.05) is 20.1 Å². The predicted octanol–water partition coefficient (Wildman–Crippen LogP) is 2.73. The molecule has 1 aliphatic rings. The molecule has 1 saturated carbocycles. The topological polar surface area (TPSA) is 62.5 Å². The summed E-state index contributed by atoms with van der Waals surface area (Å²) >= 11 is 0. The van der Waals surface area contributed by atoms with Crippen LogP contribution in [0.2, 0.25) is 0 Å². The fourth-order valence-electron chi connectivity index (χ4n) is 3.15. The van der Waals surface area contributed by atoms with Crippen LogP contribution in [0.5, 0.6) is 0 Å². The molecule has 1 fully saturated rings. The lowest BCUT2D eigenvalue weighted by atomic mass is 9.96. The minimum atomic E-state index is 0.278. The molecule has 3 rings (SSSR count). The van der Waals surface area contributed by atoms with Crippen LogP contribution in [0.4, 0.5) is 0 Å². The smallest absolute Gasteiger partial charge is 0.191 e. The Morgan fingerprint density at radius 3 is 2.54 bits per heavy atom. The number of hydrogen-bond donors (Lipinski definition) is 2. The first kappa shape index (κ1) is 16.6. The fourth-order valence-corrected chi connectivity index (χ4v) is 3.15. The molecule has 0 atom stereocenters. The van der Waals surface area contributed by atoms with E-state index >= 15 is 0 Å². The number of aliphatic imine (C=N–C) groups is 1. The number of aryl methyl sites for hydroxylation is 2. The molecule has 1 aromatic heterocycles. The number of nitrogens with one attached hydrogen (secondary N) is 2. The summed E-state index contributed by atoms with van der Waals surface area (Å²) in [5.41, 5.74) is 3.85. The molecule has 1 aliphatic carbocycles. The standard InChI is InChI=1S/C19H26N4O/c1-14-17(15(2)24-23-14)9-12-21-18(20-3)22-13-19(10-11-19)16-7-5-4-6-8-16/h4-8H,9-13H2,1-3H3,(H2,20,21,22). The number of benzene rings is 1. The number of hydrogen-bond acceptors (Lipinski definition) is 3. The van der Waals surface area contributed by atoms with Gasteiger partial charge in [-0.05, 0) is 38.7 Å². The molecule has 24 heavy (non-hydrogen) atoms. The van der Waals surface area contributed by atoms with Crippen LogP contribution in [-0.4, -0.2) is 31.3 Å². The Labute approximate surface area is 143 Å². The van der Waals surface area contributed by atoms with Crippen molar-refractivity contribution in [2.24, 2.45) is 4.99 Å². The third-order valence-electron chi connectivity index (χ3n) is 4.91. The zero-order valence-corrected chi connectivity index (χ0v) is 14.7. The first-order valence-corrected chi connectivity index (χ1v) is 8.56. The molecule has 2 aromatic rings. The van der Waals surface area contributed by atoms with E-state index in [1.54, 1.807) is 0 Å². The van der Waals surface area contributed by atoms with E-state index in [0.29, 0.717) is 0 Å². The van der Waals surface area contributed by atoms with E-state index in [2.05, 4.69) is 51.1 Å². The number of guanidine groups is 1. The van der Waals surface area contributed by atoms with Crippen molar-refractivity contribution >= 4 is 5.96 Å². The highest BCUT2D eigenvalue weighted by atomic mass is 16.5. The minimum absolute atomic E-state index is 0.278. The van der Waals surface area contributed by atoms with E-state index in [4.69, 9.17) is 4.52 Å². The first-order chi connectivity index (χ1) is 11.6. The molecule has 0 saturated heterocycles. The van der Waals surface area contributed by atoms with E-state index in [1.165, 1.54) is 24.0 Å². The van der Waals surface area contributed by atoms with Gasteiger partial charge < -0.3 is 15.2 Å². The third-order valence-corrected chi connectivity index (χ3v) is 4.91. The molecular weight excluding hydrogens is 300 g/mol. The van der Waals surface area contributed by atoms with Crippen molar-refractivity contribution in [3.05, 3.63) is 52.9 Å². The second-order valence-corrected chi connectivity index (χ2v) is 6.55. The second kappa shape index (κ2) is 7.07. The zero-order valence-electron chi connectivity index (χ0n) is 14.7. The Bertz CT molecular complexity index is 682. The molecule has 1 aromatic carbocycles. The Morgan fingerprint density at radius 1 is 1.21 bits per heavy atom. The summed E-state index contributed by atoms with van der Waals surface area (Å²) in [4.78, 5) is 4.33. The fraction of sp³-hybridized carbons (Fsp3) is 0.474. The van der Waals surface area contributed by atoms with Crippen LogP contribution >= 0.6 is 0 Å². The van der Waals surface area contributed by atoms with E-state index in [0.717, 1.165) is 36.9 Å². The van der Waals surface area contributed by atoms with Gasteiger partial charge in [-0.1, -0.05) is 35.5 Å². The van der Waals surface area contributed by atoms with Gasteiger partial charge in [0.15, 0.2) is 5.96 Å². The van der Waals surface area contributed by atoms with Crippen molar-refractivity contribution in [3.63, 3.8) is 0 Å². The molecular formula is C19H26N4O. The van der Waals surface area contributed by atoms with Crippen molar-refractivity contribution in [2.45, 2.75) is 38.5 Å². The minimum Gasteiger partial charge on any atom is -0.361 e. The normalized spacial score (nSPS) is 16.0. The largest absolute Gasteiger partial charge is 0.361 e. The summed E-state index contributed by atoms with van der Waals surface area (Å²) in [5, 5.41) is 10.9. The van der Waals surface area contributed by atoms with Crippen LogP contribution in [0.15, 0.2) is 39.8 Å². The molecule has 0 radical (unpaired) electrons. The van der Waals surface area contributed by atoms with Crippen molar-refractivity contribution in [3.8, 4) is 0 Å². The van der Waals surface area contributed by atoms with Crippen LogP contribution in [0, 0.1) is 13.8 Å². The molecule has 5 nitrogen and oxygen atoms in total. The molecule has 0 aliphatic heterocycles. The van der Waals surface area contributed by atoms with Crippen molar-refractivity contribution in [1.29, 1.82) is 0 Å². The molecule has 0 amide bonds. The van der Waals surface area contributed by atoms with Crippen molar-refractivity contribution < 1.29 is 4.52 Å². The monoisotopic (exact) mass is 326 g/mol. The maximum absolute atomic E-state index is 5.20. The van der Waals surface area contributed by atoms with Crippen LogP contribution in [0.25, 0.3) is 0 Å². The predicted molar refractivity (Wildman–Crippen MR) is 96.4 cm³/mol. The lowest BCUT2D eigenvalue weighted by Gasteiger charge is -2.19. The van der Waals surface area contributed by atoms with Crippen LogP contribution in [0.1, 0.15) is 35.4 Å². The van der Waals surface area contributed by atoms with Crippen molar-refractivity contribution in [1.82, 2.24) is 15.8 Å². The van der Waals surface area contributed by atoms with E-state index in [1.807, 2.05) is 20.9 Å². The average molecular weight is 326 g/mol. The lowest BCUT2D eigenvalue weighted by molar-refractivity contribution is 0.392. The number of rotatable bonds is 6.